The second-order valence-electron chi connectivity index (χ2n) is 6.40. The van der Waals surface area contributed by atoms with Crippen molar-refractivity contribution < 1.29 is 19.1 Å². The molecule has 2 amide bonds. The maximum absolute atomic E-state index is 12.2. The maximum atomic E-state index is 12.2. The van der Waals surface area contributed by atoms with Gasteiger partial charge >= 0.3 is 0 Å². The van der Waals surface area contributed by atoms with E-state index < -0.39 is 0 Å². The van der Waals surface area contributed by atoms with E-state index >= 15 is 0 Å². The molecular formula is C19H27N3O4. The minimum Gasteiger partial charge on any atom is -0.497 e. The molecule has 2 N–H and O–H groups in total. The number of rotatable bonds is 8. The highest BCUT2D eigenvalue weighted by molar-refractivity contribution is 5.99. The number of piperidine rings is 1. The van der Waals surface area contributed by atoms with Crippen LogP contribution in [0.1, 0.15) is 36.0 Å². The highest BCUT2D eigenvalue weighted by Crippen LogP contribution is 2.12. The molecule has 1 fully saturated rings. The predicted octanol–water partition coefficient (Wildman–Crippen LogP) is 0.985. The highest BCUT2D eigenvalue weighted by Gasteiger charge is 2.22. The summed E-state index contributed by atoms with van der Waals surface area (Å²) >= 11 is 0. The number of nitrogens with zero attached hydrogens (tertiary/aromatic N) is 1. The molecule has 26 heavy (non-hydrogen) atoms. The molecule has 1 aliphatic rings. The van der Waals surface area contributed by atoms with Gasteiger partial charge in [0.15, 0.2) is 5.78 Å². The average molecular weight is 361 g/mol. The van der Waals surface area contributed by atoms with Crippen LogP contribution >= 0.6 is 0 Å². The number of hydrogen-bond acceptors (Lipinski definition) is 5. The molecule has 0 spiro atoms. The van der Waals surface area contributed by atoms with Gasteiger partial charge in [-0.15, -0.1) is 0 Å². The van der Waals surface area contributed by atoms with Gasteiger partial charge in [-0.1, -0.05) is 0 Å². The molecule has 0 bridgehead atoms. The normalized spacial score (nSPS) is 16.8. The fourth-order valence-electron chi connectivity index (χ4n) is 2.96. The van der Waals surface area contributed by atoms with E-state index in [4.69, 9.17) is 4.74 Å². The predicted molar refractivity (Wildman–Crippen MR) is 98.2 cm³/mol. The van der Waals surface area contributed by atoms with Crippen molar-refractivity contribution in [1.29, 1.82) is 0 Å². The molecule has 0 aliphatic carbocycles. The lowest BCUT2D eigenvalue weighted by molar-refractivity contribution is -0.134. The van der Waals surface area contributed by atoms with Crippen LogP contribution in [0.15, 0.2) is 24.3 Å². The van der Waals surface area contributed by atoms with Crippen molar-refractivity contribution >= 4 is 17.6 Å². The van der Waals surface area contributed by atoms with E-state index in [0.29, 0.717) is 23.9 Å². The molecule has 1 aliphatic heterocycles. The molecule has 1 heterocycles. The zero-order valence-corrected chi connectivity index (χ0v) is 15.4. The number of hydrogen-bond donors (Lipinski definition) is 2. The van der Waals surface area contributed by atoms with E-state index in [1.165, 1.54) is 0 Å². The highest BCUT2D eigenvalue weighted by atomic mass is 16.5. The lowest BCUT2D eigenvalue weighted by Gasteiger charge is -2.32. The Hall–Kier alpha value is -2.41. The molecule has 1 atom stereocenters. The first-order valence-corrected chi connectivity index (χ1v) is 8.92. The summed E-state index contributed by atoms with van der Waals surface area (Å²) < 4.78 is 5.04. The lowest BCUT2D eigenvalue weighted by Crippen LogP contribution is -2.47. The van der Waals surface area contributed by atoms with Crippen molar-refractivity contribution in [2.45, 2.75) is 31.7 Å². The average Bonchev–Trinajstić information content (AvgIpc) is 2.70. The van der Waals surface area contributed by atoms with E-state index in [0.717, 1.165) is 19.4 Å². The van der Waals surface area contributed by atoms with Crippen LogP contribution in [0.3, 0.4) is 0 Å². The molecule has 1 aromatic carbocycles. The van der Waals surface area contributed by atoms with Crippen molar-refractivity contribution in [2.24, 2.45) is 0 Å². The number of likely N-dealkylation sites (tertiary alicyclic amines) is 1. The van der Waals surface area contributed by atoms with Gasteiger partial charge in [-0.05, 0) is 44.2 Å². The summed E-state index contributed by atoms with van der Waals surface area (Å²) in [6.45, 7) is 1.35. The maximum Gasteiger partial charge on any atom is 0.223 e. The van der Waals surface area contributed by atoms with Crippen LogP contribution in [0.25, 0.3) is 0 Å². The Balaban J connectivity index is 1.71. The minimum atomic E-state index is -0.289. The second kappa shape index (κ2) is 9.91. The Labute approximate surface area is 154 Å². The lowest BCUT2D eigenvalue weighted by atomic mass is 10.1. The number of methoxy groups -OCH3 is 1. The van der Waals surface area contributed by atoms with Gasteiger partial charge in [0, 0.05) is 37.5 Å². The summed E-state index contributed by atoms with van der Waals surface area (Å²) in [5.41, 5.74) is 0.508. The number of Topliss-reactive ketones (excluding diaryl/α,β-unsaturated/α-hetero) is 1. The Kier molecular flexibility index (Phi) is 7.59. The molecule has 2 rings (SSSR count). The summed E-state index contributed by atoms with van der Waals surface area (Å²) in [5, 5.41) is 5.78. The van der Waals surface area contributed by atoms with Crippen LogP contribution in [0.4, 0.5) is 0 Å². The van der Waals surface area contributed by atoms with Gasteiger partial charge in [0.25, 0.3) is 0 Å². The van der Waals surface area contributed by atoms with E-state index in [2.05, 4.69) is 10.6 Å². The van der Waals surface area contributed by atoms with Crippen LogP contribution in [0, 0.1) is 0 Å². The summed E-state index contributed by atoms with van der Waals surface area (Å²) in [6.07, 6.45) is 2.29. The zero-order valence-electron chi connectivity index (χ0n) is 15.4. The van der Waals surface area contributed by atoms with Gasteiger partial charge < -0.3 is 20.3 Å². The van der Waals surface area contributed by atoms with Gasteiger partial charge in [-0.3, -0.25) is 14.4 Å². The van der Waals surface area contributed by atoms with E-state index in [9.17, 15) is 14.4 Å². The summed E-state index contributed by atoms with van der Waals surface area (Å²) in [4.78, 5) is 38.0. The molecule has 0 aromatic heterocycles. The number of ketones is 1. The molecule has 7 heteroatoms. The smallest absolute Gasteiger partial charge is 0.223 e. The number of ether oxygens (including phenoxy) is 1. The van der Waals surface area contributed by atoms with Crippen LogP contribution in [-0.4, -0.2) is 62.3 Å². The van der Waals surface area contributed by atoms with E-state index in [1.54, 1.807) is 36.3 Å². The molecule has 1 unspecified atom stereocenters. The van der Waals surface area contributed by atoms with Crippen LogP contribution in [-0.2, 0) is 9.59 Å². The Morgan fingerprint density at radius 2 is 1.92 bits per heavy atom. The molecule has 7 nitrogen and oxygen atoms in total. The molecule has 0 radical (unpaired) electrons. The molecule has 1 saturated heterocycles. The monoisotopic (exact) mass is 361 g/mol. The van der Waals surface area contributed by atoms with Crippen molar-refractivity contribution in [1.82, 2.24) is 15.5 Å². The second-order valence-corrected chi connectivity index (χ2v) is 6.40. The van der Waals surface area contributed by atoms with Crippen molar-refractivity contribution in [2.75, 3.05) is 33.8 Å². The van der Waals surface area contributed by atoms with Gasteiger partial charge in [-0.2, -0.15) is 0 Å². The topological polar surface area (TPSA) is 87.7 Å². The van der Waals surface area contributed by atoms with Crippen molar-refractivity contribution in [3.63, 3.8) is 0 Å². The van der Waals surface area contributed by atoms with Crippen molar-refractivity contribution in [3.05, 3.63) is 29.8 Å². The van der Waals surface area contributed by atoms with Crippen LogP contribution < -0.4 is 15.4 Å². The quantitative estimate of drug-likeness (QED) is 0.674. The minimum absolute atomic E-state index is 0.0124. The van der Waals surface area contributed by atoms with Crippen LogP contribution in [0.5, 0.6) is 5.75 Å². The first-order valence-electron chi connectivity index (χ1n) is 8.92. The molecule has 0 saturated carbocycles. The largest absolute Gasteiger partial charge is 0.497 e. The molecule has 1 aromatic rings. The molecular weight excluding hydrogens is 334 g/mol. The third kappa shape index (κ3) is 5.84. The fourth-order valence-corrected chi connectivity index (χ4v) is 2.96. The SMILES string of the molecule is CNC1CCCN(C(=O)CCC(=O)NCC(=O)c2ccc(OC)cc2)C1. The Morgan fingerprint density at radius 3 is 2.58 bits per heavy atom. The Bertz CT molecular complexity index is 630. The molecule has 142 valence electrons. The van der Waals surface area contributed by atoms with Crippen molar-refractivity contribution in [3.8, 4) is 5.75 Å². The standard InChI is InChI=1S/C19H27N3O4/c1-20-15-4-3-11-22(13-15)19(25)10-9-18(24)21-12-17(23)14-5-7-16(26-2)8-6-14/h5-8,15,20H,3-4,9-13H2,1-2H3,(H,21,24). The number of carbonyl (C=O) groups excluding carboxylic acids is 3. The summed E-state index contributed by atoms with van der Waals surface area (Å²) in [5.74, 6) is 0.187. The summed E-state index contributed by atoms with van der Waals surface area (Å²) in [6, 6.07) is 7.04. The number of benzene rings is 1. The third-order valence-corrected chi connectivity index (χ3v) is 4.61. The number of nitrogens with one attached hydrogen (secondary N) is 2. The van der Waals surface area contributed by atoms with Crippen LogP contribution in [0.2, 0.25) is 0 Å². The number of carbonyl (C=O) groups is 3. The van der Waals surface area contributed by atoms with E-state index in [-0.39, 0.29) is 37.0 Å². The first-order chi connectivity index (χ1) is 12.5. The summed E-state index contributed by atoms with van der Waals surface area (Å²) in [7, 11) is 3.45. The van der Waals surface area contributed by atoms with Gasteiger partial charge in [0.1, 0.15) is 5.75 Å². The Morgan fingerprint density at radius 1 is 1.19 bits per heavy atom. The first kappa shape index (κ1) is 19.9. The third-order valence-electron chi connectivity index (χ3n) is 4.61. The number of likely N-dealkylation sites (N-methyl/N-ethyl adjacent to an activating group) is 1. The van der Waals surface area contributed by atoms with Gasteiger partial charge in [0.05, 0.1) is 13.7 Å². The zero-order chi connectivity index (χ0) is 18.9. The number of amides is 2. The van der Waals surface area contributed by atoms with E-state index in [1.807, 2.05) is 7.05 Å². The van der Waals surface area contributed by atoms with Gasteiger partial charge in [0.2, 0.25) is 11.8 Å². The fraction of sp³-hybridized carbons (Fsp3) is 0.526. The van der Waals surface area contributed by atoms with Gasteiger partial charge in [-0.25, -0.2) is 0 Å².